The second kappa shape index (κ2) is 13.8. The molecule has 0 spiro atoms. The van der Waals surface area contributed by atoms with Crippen molar-refractivity contribution in [3.63, 3.8) is 0 Å². The Balaban J connectivity index is 1.39. The molecule has 0 aliphatic carbocycles. The number of hydrogen-bond donors (Lipinski definition) is 1. The summed E-state index contributed by atoms with van der Waals surface area (Å²) in [6.45, 7) is 6.90. The van der Waals surface area contributed by atoms with Crippen LogP contribution in [-0.2, 0) is 11.2 Å². The molecule has 0 saturated heterocycles. The fourth-order valence-electron chi connectivity index (χ4n) is 3.86. The number of methoxy groups -OCH3 is 1. The molecule has 0 aliphatic rings. The Morgan fingerprint density at radius 1 is 1.05 bits per heavy atom. The third kappa shape index (κ3) is 7.18. The van der Waals surface area contributed by atoms with Gasteiger partial charge in [-0.1, -0.05) is 41.7 Å². The molecule has 0 unspecified atom stereocenters. The van der Waals surface area contributed by atoms with E-state index < -0.39 is 5.91 Å². The zero-order valence-electron chi connectivity index (χ0n) is 22.3. The van der Waals surface area contributed by atoms with Gasteiger partial charge in [-0.05, 0) is 66.9 Å². The highest BCUT2D eigenvalue weighted by atomic mass is 32.1. The van der Waals surface area contributed by atoms with Crippen molar-refractivity contribution in [3.05, 3.63) is 90.0 Å². The van der Waals surface area contributed by atoms with E-state index in [1.54, 1.807) is 18.2 Å². The van der Waals surface area contributed by atoms with Crippen molar-refractivity contribution < 1.29 is 23.7 Å². The molecule has 1 aromatic heterocycles. The number of ether oxygens (including phenoxy) is 4. The summed E-state index contributed by atoms with van der Waals surface area (Å²) in [5.41, 5.74) is 2.33. The largest absolute Gasteiger partial charge is 0.494 e. The minimum atomic E-state index is -0.556. The first-order valence-electron chi connectivity index (χ1n) is 12.6. The smallest absolute Gasteiger partial charge is 0.268 e. The van der Waals surface area contributed by atoms with Crippen LogP contribution in [0.3, 0.4) is 0 Å². The van der Waals surface area contributed by atoms with E-state index in [0.29, 0.717) is 42.0 Å². The molecule has 0 bridgehead atoms. The minimum Gasteiger partial charge on any atom is -0.494 e. The molecule has 9 heteroatoms. The zero-order valence-corrected chi connectivity index (χ0v) is 23.1. The van der Waals surface area contributed by atoms with Crippen LogP contribution in [-0.4, -0.2) is 37.8 Å². The van der Waals surface area contributed by atoms with Gasteiger partial charge >= 0.3 is 0 Å². The molecular formula is C31H29N3O5S. The summed E-state index contributed by atoms with van der Waals surface area (Å²) in [4.78, 5) is 17.3. The number of thiazole rings is 1. The standard InChI is InChI=1S/C31H29N3O5S/c1-4-8-22-9-6-7-10-26(22)38-15-16-39-27-14-11-21(18-28(27)36-3)17-23(20-32)30(35)34-31-33-25-13-12-24(37-5-2)19-29(25)40-31/h4,6-7,9-14,17-19H,1,5,8,15-16H2,2-3H3,(H,33,34,35)/b23-17+. The number of anilines is 1. The highest BCUT2D eigenvalue weighted by molar-refractivity contribution is 7.22. The van der Waals surface area contributed by atoms with Crippen LogP contribution in [0.1, 0.15) is 18.1 Å². The molecule has 204 valence electrons. The average molecular weight is 556 g/mol. The second-order valence-electron chi connectivity index (χ2n) is 8.41. The minimum absolute atomic E-state index is 0.0726. The lowest BCUT2D eigenvalue weighted by atomic mass is 10.1. The lowest BCUT2D eigenvalue weighted by Gasteiger charge is -2.13. The van der Waals surface area contributed by atoms with Crippen LogP contribution < -0.4 is 24.3 Å². The molecule has 1 amide bonds. The summed E-state index contributed by atoms with van der Waals surface area (Å²) >= 11 is 1.31. The van der Waals surface area contributed by atoms with E-state index in [1.165, 1.54) is 24.5 Å². The highest BCUT2D eigenvalue weighted by Crippen LogP contribution is 2.31. The Labute approximate surface area is 237 Å². The number of carbonyl (C=O) groups excluding carboxylic acids is 1. The summed E-state index contributed by atoms with van der Waals surface area (Å²) in [6, 6.07) is 20.5. The van der Waals surface area contributed by atoms with Gasteiger partial charge in [-0.15, -0.1) is 6.58 Å². The van der Waals surface area contributed by atoms with Crippen LogP contribution in [0.5, 0.6) is 23.0 Å². The summed E-state index contributed by atoms with van der Waals surface area (Å²) < 4.78 is 23.6. The zero-order chi connectivity index (χ0) is 28.3. The van der Waals surface area contributed by atoms with Crippen molar-refractivity contribution >= 4 is 38.7 Å². The van der Waals surface area contributed by atoms with E-state index in [-0.39, 0.29) is 5.57 Å². The van der Waals surface area contributed by atoms with Crippen molar-refractivity contribution in [3.8, 4) is 29.1 Å². The Kier molecular flexibility index (Phi) is 9.75. The van der Waals surface area contributed by atoms with Gasteiger partial charge in [-0.25, -0.2) is 4.98 Å². The van der Waals surface area contributed by atoms with Crippen LogP contribution >= 0.6 is 11.3 Å². The van der Waals surface area contributed by atoms with Crippen molar-refractivity contribution in [2.45, 2.75) is 13.3 Å². The number of hydrogen-bond acceptors (Lipinski definition) is 8. The molecule has 1 N–H and O–H groups in total. The predicted molar refractivity (Wildman–Crippen MR) is 157 cm³/mol. The number of benzene rings is 3. The predicted octanol–water partition coefficient (Wildman–Crippen LogP) is 6.44. The number of nitrogens with zero attached hydrogens (tertiary/aromatic N) is 2. The summed E-state index contributed by atoms with van der Waals surface area (Å²) in [5, 5.41) is 12.8. The molecule has 3 aromatic carbocycles. The fourth-order valence-corrected chi connectivity index (χ4v) is 4.75. The number of fused-ring (bicyclic) bond motifs is 1. The van der Waals surface area contributed by atoms with Crippen LogP contribution in [0.2, 0.25) is 0 Å². The first-order chi connectivity index (χ1) is 19.5. The van der Waals surface area contributed by atoms with E-state index in [2.05, 4.69) is 16.9 Å². The summed E-state index contributed by atoms with van der Waals surface area (Å²) in [7, 11) is 1.53. The number of nitrogens with one attached hydrogen (secondary N) is 1. The van der Waals surface area contributed by atoms with E-state index in [9.17, 15) is 10.1 Å². The molecule has 1 heterocycles. The molecule has 40 heavy (non-hydrogen) atoms. The number of allylic oxidation sites excluding steroid dienone is 1. The van der Waals surface area contributed by atoms with Crippen molar-refractivity contribution in [1.82, 2.24) is 4.98 Å². The summed E-state index contributed by atoms with van der Waals surface area (Å²) in [6.07, 6.45) is 4.04. The van der Waals surface area contributed by atoms with Gasteiger partial charge in [-0.3, -0.25) is 10.1 Å². The van der Waals surface area contributed by atoms with Crippen LogP contribution in [0, 0.1) is 11.3 Å². The normalized spacial score (nSPS) is 11.0. The van der Waals surface area contributed by atoms with Crippen LogP contribution in [0.25, 0.3) is 16.3 Å². The maximum Gasteiger partial charge on any atom is 0.268 e. The maximum absolute atomic E-state index is 12.8. The number of para-hydroxylation sites is 1. The SMILES string of the molecule is C=CCc1ccccc1OCCOc1ccc(/C=C(\C#N)C(=O)Nc2nc3ccc(OCC)cc3s2)cc1OC. The van der Waals surface area contributed by atoms with Gasteiger partial charge in [0.2, 0.25) is 0 Å². The average Bonchev–Trinajstić information content (AvgIpc) is 3.37. The molecule has 0 saturated carbocycles. The molecule has 0 fully saturated rings. The molecule has 8 nitrogen and oxygen atoms in total. The molecule has 4 aromatic rings. The van der Waals surface area contributed by atoms with Gasteiger partial charge in [0.05, 0.1) is 23.9 Å². The molecule has 0 atom stereocenters. The van der Waals surface area contributed by atoms with E-state index >= 15 is 0 Å². The summed E-state index contributed by atoms with van der Waals surface area (Å²) in [5.74, 6) is 1.96. The number of aromatic nitrogens is 1. The Bertz CT molecular complexity index is 1570. The van der Waals surface area contributed by atoms with Crippen LogP contribution in [0.15, 0.2) is 78.9 Å². The van der Waals surface area contributed by atoms with Gasteiger partial charge in [0, 0.05) is 0 Å². The number of carbonyl (C=O) groups is 1. The second-order valence-corrected chi connectivity index (χ2v) is 9.44. The Morgan fingerprint density at radius 3 is 2.60 bits per heavy atom. The maximum atomic E-state index is 12.8. The van der Waals surface area contributed by atoms with Gasteiger partial charge in [0.25, 0.3) is 5.91 Å². The van der Waals surface area contributed by atoms with Gasteiger partial charge < -0.3 is 18.9 Å². The van der Waals surface area contributed by atoms with Crippen molar-refractivity contribution in [2.75, 3.05) is 32.2 Å². The lowest BCUT2D eigenvalue weighted by molar-refractivity contribution is -0.112. The molecule has 0 aliphatic heterocycles. The number of nitriles is 1. The Morgan fingerprint density at radius 2 is 1.85 bits per heavy atom. The fraction of sp³-hybridized carbons (Fsp3) is 0.194. The van der Waals surface area contributed by atoms with Crippen molar-refractivity contribution in [2.24, 2.45) is 0 Å². The van der Waals surface area contributed by atoms with E-state index in [1.807, 2.05) is 61.5 Å². The topological polar surface area (TPSA) is 103 Å². The van der Waals surface area contributed by atoms with Gasteiger partial charge in [-0.2, -0.15) is 5.26 Å². The molecule has 0 radical (unpaired) electrons. The molecule has 4 rings (SSSR count). The Hall–Kier alpha value is -4.81. The van der Waals surface area contributed by atoms with Gasteiger partial charge in [0.15, 0.2) is 16.6 Å². The lowest BCUT2D eigenvalue weighted by Crippen LogP contribution is -2.13. The third-order valence-corrected chi connectivity index (χ3v) is 6.62. The first-order valence-corrected chi connectivity index (χ1v) is 13.4. The van der Waals surface area contributed by atoms with E-state index in [0.717, 1.165) is 33.7 Å². The molecular weight excluding hydrogens is 526 g/mol. The van der Waals surface area contributed by atoms with E-state index in [4.69, 9.17) is 18.9 Å². The first kappa shape index (κ1) is 28.2. The van der Waals surface area contributed by atoms with Crippen molar-refractivity contribution in [1.29, 1.82) is 5.26 Å². The van der Waals surface area contributed by atoms with Gasteiger partial charge in [0.1, 0.15) is 36.4 Å². The third-order valence-electron chi connectivity index (χ3n) is 5.69. The van der Waals surface area contributed by atoms with Crippen LogP contribution in [0.4, 0.5) is 5.13 Å². The number of amides is 1. The quantitative estimate of drug-likeness (QED) is 0.0877. The number of rotatable bonds is 13. The highest BCUT2D eigenvalue weighted by Gasteiger charge is 2.14. The monoisotopic (exact) mass is 555 g/mol.